The highest BCUT2D eigenvalue weighted by molar-refractivity contribution is 6.07. The molecule has 0 saturated heterocycles. The van der Waals surface area contributed by atoms with E-state index in [1.807, 2.05) is 0 Å². The smallest absolute Gasteiger partial charge is 0.154 e. The lowest BCUT2D eigenvalue weighted by atomic mass is 10.0. The van der Waals surface area contributed by atoms with Crippen LogP contribution < -0.4 is 18.9 Å². The molecule has 0 bridgehead atoms. The molecular formula is C15H16O5. The van der Waals surface area contributed by atoms with Gasteiger partial charge in [-0.2, -0.15) is 0 Å². The maximum atomic E-state index is 11.4. The van der Waals surface area contributed by atoms with Crippen LogP contribution in [0.25, 0.3) is 10.8 Å². The fourth-order valence-corrected chi connectivity index (χ4v) is 2.19. The number of hydrogen-bond donors (Lipinski definition) is 0. The minimum atomic E-state index is 0.431. The van der Waals surface area contributed by atoms with Crippen LogP contribution in [0.4, 0.5) is 0 Å². The maximum absolute atomic E-state index is 11.4. The van der Waals surface area contributed by atoms with Gasteiger partial charge in [-0.25, -0.2) is 0 Å². The third-order valence-corrected chi connectivity index (χ3v) is 3.15. The Morgan fingerprint density at radius 3 is 1.90 bits per heavy atom. The van der Waals surface area contributed by atoms with Gasteiger partial charge in [0.2, 0.25) is 0 Å². The van der Waals surface area contributed by atoms with Gasteiger partial charge in [0.05, 0.1) is 39.4 Å². The zero-order chi connectivity index (χ0) is 14.7. The number of benzene rings is 2. The van der Waals surface area contributed by atoms with Gasteiger partial charge in [-0.15, -0.1) is 0 Å². The highest BCUT2D eigenvalue weighted by Gasteiger charge is 2.18. The molecule has 2 aromatic rings. The number of rotatable bonds is 5. The molecule has 0 aliphatic heterocycles. The van der Waals surface area contributed by atoms with Crippen molar-refractivity contribution in [3.63, 3.8) is 0 Å². The molecule has 0 aromatic heterocycles. The van der Waals surface area contributed by atoms with Crippen molar-refractivity contribution >= 4 is 17.1 Å². The minimum absolute atomic E-state index is 0.431. The van der Waals surface area contributed by atoms with E-state index in [-0.39, 0.29) is 0 Å². The van der Waals surface area contributed by atoms with Crippen LogP contribution >= 0.6 is 0 Å². The third kappa shape index (κ3) is 2.11. The molecule has 0 N–H and O–H groups in total. The molecule has 0 atom stereocenters. The van der Waals surface area contributed by atoms with Crippen molar-refractivity contribution in [2.24, 2.45) is 0 Å². The van der Waals surface area contributed by atoms with Gasteiger partial charge >= 0.3 is 0 Å². The third-order valence-electron chi connectivity index (χ3n) is 3.15. The summed E-state index contributed by atoms with van der Waals surface area (Å²) in [6, 6.07) is 5.17. The number of methoxy groups -OCH3 is 4. The minimum Gasteiger partial charge on any atom is -0.497 e. The van der Waals surface area contributed by atoms with Gasteiger partial charge in [0, 0.05) is 17.5 Å². The highest BCUT2D eigenvalue weighted by Crippen LogP contribution is 2.42. The van der Waals surface area contributed by atoms with Crippen LogP contribution in [-0.4, -0.2) is 34.7 Å². The second-order valence-corrected chi connectivity index (χ2v) is 4.06. The number of carbonyl (C=O) groups is 1. The number of hydrogen-bond acceptors (Lipinski definition) is 5. The van der Waals surface area contributed by atoms with Crippen molar-refractivity contribution in [1.82, 2.24) is 0 Å². The van der Waals surface area contributed by atoms with E-state index in [1.165, 1.54) is 7.11 Å². The molecule has 5 nitrogen and oxygen atoms in total. The second-order valence-electron chi connectivity index (χ2n) is 4.06. The predicted octanol–water partition coefficient (Wildman–Crippen LogP) is 2.69. The van der Waals surface area contributed by atoms with Gasteiger partial charge in [-0.1, -0.05) is 0 Å². The number of fused-ring (bicyclic) bond motifs is 1. The van der Waals surface area contributed by atoms with Crippen molar-refractivity contribution in [2.75, 3.05) is 28.4 Å². The molecular weight excluding hydrogens is 260 g/mol. The molecule has 0 aliphatic carbocycles. The molecule has 0 heterocycles. The Balaban J connectivity index is 2.97. The van der Waals surface area contributed by atoms with Crippen molar-refractivity contribution in [1.29, 1.82) is 0 Å². The summed E-state index contributed by atoms with van der Waals surface area (Å²) in [5.41, 5.74) is 0.431. The number of ether oxygens (including phenoxy) is 4. The van der Waals surface area contributed by atoms with Gasteiger partial charge in [-0.05, 0) is 6.07 Å². The zero-order valence-corrected chi connectivity index (χ0v) is 11.9. The quantitative estimate of drug-likeness (QED) is 0.786. The molecule has 0 radical (unpaired) electrons. The lowest BCUT2D eigenvalue weighted by Gasteiger charge is -2.15. The predicted molar refractivity (Wildman–Crippen MR) is 75.5 cm³/mol. The first kappa shape index (κ1) is 14.0. The highest BCUT2D eigenvalue weighted by atomic mass is 16.5. The van der Waals surface area contributed by atoms with E-state index in [0.29, 0.717) is 39.3 Å². The average molecular weight is 276 g/mol. The Labute approximate surface area is 117 Å². The van der Waals surface area contributed by atoms with Gasteiger partial charge in [0.15, 0.2) is 6.29 Å². The van der Waals surface area contributed by atoms with E-state index in [9.17, 15) is 4.79 Å². The molecule has 0 fully saturated rings. The van der Waals surface area contributed by atoms with E-state index >= 15 is 0 Å². The topological polar surface area (TPSA) is 54.0 Å². The molecule has 5 heteroatoms. The van der Waals surface area contributed by atoms with Gasteiger partial charge in [0.25, 0.3) is 0 Å². The van der Waals surface area contributed by atoms with E-state index < -0.39 is 0 Å². The van der Waals surface area contributed by atoms with Gasteiger partial charge < -0.3 is 18.9 Å². The van der Waals surface area contributed by atoms with Crippen LogP contribution in [0.1, 0.15) is 10.4 Å². The molecule has 2 rings (SSSR count). The summed E-state index contributed by atoms with van der Waals surface area (Å²) in [4.78, 5) is 11.4. The van der Waals surface area contributed by atoms with Crippen molar-refractivity contribution in [3.8, 4) is 23.0 Å². The standard InChI is InChI=1S/C15H16O5/c1-17-9-5-10-11(8-16)12(18-2)7-14(20-4)15(10)13(6-9)19-3/h5-8H,1-4H3. The Bertz CT molecular complexity index is 638. The van der Waals surface area contributed by atoms with Crippen LogP contribution in [0.3, 0.4) is 0 Å². The molecule has 0 saturated carbocycles. The summed E-state index contributed by atoms with van der Waals surface area (Å²) in [6.45, 7) is 0. The SMILES string of the molecule is COc1cc(OC)c2c(OC)cc(OC)c(C=O)c2c1. The summed E-state index contributed by atoms with van der Waals surface area (Å²) >= 11 is 0. The molecule has 0 spiro atoms. The van der Waals surface area contributed by atoms with Crippen LogP contribution in [-0.2, 0) is 0 Å². The van der Waals surface area contributed by atoms with Crippen LogP contribution in [0, 0.1) is 0 Å². The molecule has 2 aromatic carbocycles. The fourth-order valence-electron chi connectivity index (χ4n) is 2.19. The van der Waals surface area contributed by atoms with Crippen LogP contribution in [0.15, 0.2) is 18.2 Å². The zero-order valence-electron chi connectivity index (χ0n) is 11.9. The Morgan fingerprint density at radius 1 is 0.800 bits per heavy atom. The second kappa shape index (κ2) is 5.69. The van der Waals surface area contributed by atoms with Gasteiger partial charge in [0.1, 0.15) is 23.0 Å². The first-order valence-electron chi connectivity index (χ1n) is 5.96. The Morgan fingerprint density at radius 2 is 1.40 bits per heavy atom. The summed E-state index contributed by atoms with van der Waals surface area (Å²) in [7, 11) is 6.17. The molecule has 20 heavy (non-hydrogen) atoms. The molecule has 0 amide bonds. The number of aldehydes is 1. The van der Waals surface area contributed by atoms with E-state index in [1.54, 1.807) is 39.5 Å². The van der Waals surface area contributed by atoms with Crippen molar-refractivity contribution in [3.05, 3.63) is 23.8 Å². The largest absolute Gasteiger partial charge is 0.497 e. The van der Waals surface area contributed by atoms with Crippen LogP contribution in [0.2, 0.25) is 0 Å². The maximum Gasteiger partial charge on any atom is 0.154 e. The summed E-state index contributed by atoms with van der Waals surface area (Å²) in [5.74, 6) is 2.18. The summed E-state index contributed by atoms with van der Waals surface area (Å²) in [6.07, 6.45) is 0.749. The Kier molecular flexibility index (Phi) is 3.98. The van der Waals surface area contributed by atoms with E-state index in [0.717, 1.165) is 6.29 Å². The van der Waals surface area contributed by atoms with Crippen molar-refractivity contribution < 1.29 is 23.7 Å². The Hall–Kier alpha value is -2.43. The monoisotopic (exact) mass is 276 g/mol. The van der Waals surface area contributed by atoms with Crippen LogP contribution in [0.5, 0.6) is 23.0 Å². The molecule has 0 unspecified atom stereocenters. The normalized spacial score (nSPS) is 10.2. The first-order chi connectivity index (χ1) is 9.69. The van der Waals surface area contributed by atoms with E-state index in [4.69, 9.17) is 18.9 Å². The van der Waals surface area contributed by atoms with Crippen molar-refractivity contribution in [2.45, 2.75) is 0 Å². The average Bonchev–Trinajstić information content (AvgIpc) is 2.51. The fraction of sp³-hybridized carbons (Fsp3) is 0.267. The van der Waals surface area contributed by atoms with E-state index in [2.05, 4.69) is 0 Å². The summed E-state index contributed by atoms with van der Waals surface area (Å²) < 4.78 is 21.2. The number of carbonyl (C=O) groups excluding carboxylic acids is 1. The molecule has 0 aliphatic rings. The lowest BCUT2D eigenvalue weighted by molar-refractivity contribution is 0.112. The van der Waals surface area contributed by atoms with Gasteiger partial charge in [-0.3, -0.25) is 4.79 Å². The summed E-state index contributed by atoms with van der Waals surface area (Å²) in [5, 5.41) is 1.37. The lowest BCUT2D eigenvalue weighted by Crippen LogP contribution is -1.98. The first-order valence-corrected chi connectivity index (χ1v) is 5.96. The molecule has 106 valence electrons.